The van der Waals surface area contributed by atoms with Gasteiger partial charge in [0.1, 0.15) is 0 Å². The Morgan fingerprint density at radius 2 is 1.68 bits per heavy atom. The van der Waals surface area contributed by atoms with Crippen molar-refractivity contribution < 1.29 is 4.74 Å². The standard InChI is InChI=1S/C16H32N2O/c1-12-6-15(4,5)10-16(7-12,11-17)18-8-13(2)19-14(3)9-18/h12-14H,6-11,17H2,1-5H3. The molecule has 2 rings (SSSR count). The molecule has 1 saturated heterocycles. The van der Waals surface area contributed by atoms with Crippen molar-refractivity contribution in [3.05, 3.63) is 0 Å². The molecule has 0 radical (unpaired) electrons. The quantitative estimate of drug-likeness (QED) is 0.837. The normalized spacial score (nSPS) is 44.2. The summed E-state index contributed by atoms with van der Waals surface area (Å²) in [5, 5.41) is 0. The first-order valence-electron chi connectivity index (χ1n) is 7.87. The zero-order valence-electron chi connectivity index (χ0n) is 13.4. The van der Waals surface area contributed by atoms with Gasteiger partial charge in [0.25, 0.3) is 0 Å². The van der Waals surface area contributed by atoms with E-state index in [1.807, 2.05) is 0 Å². The van der Waals surface area contributed by atoms with Crippen LogP contribution in [-0.2, 0) is 4.74 Å². The number of hydrogen-bond acceptors (Lipinski definition) is 3. The van der Waals surface area contributed by atoms with E-state index in [4.69, 9.17) is 10.5 Å². The van der Waals surface area contributed by atoms with Crippen LogP contribution in [0.15, 0.2) is 0 Å². The molecular formula is C16H32N2O. The van der Waals surface area contributed by atoms with E-state index in [1.165, 1.54) is 19.3 Å². The molecule has 19 heavy (non-hydrogen) atoms. The molecule has 0 aromatic heterocycles. The first-order valence-corrected chi connectivity index (χ1v) is 7.87. The highest BCUT2D eigenvalue weighted by molar-refractivity contribution is 5.02. The molecule has 3 nitrogen and oxygen atoms in total. The summed E-state index contributed by atoms with van der Waals surface area (Å²) in [7, 11) is 0. The van der Waals surface area contributed by atoms with Crippen molar-refractivity contribution >= 4 is 0 Å². The zero-order chi connectivity index (χ0) is 14.3. The number of rotatable bonds is 2. The smallest absolute Gasteiger partial charge is 0.0678 e. The van der Waals surface area contributed by atoms with Gasteiger partial charge in [-0.3, -0.25) is 4.90 Å². The Morgan fingerprint density at radius 1 is 1.11 bits per heavy atom. The molecule has 2 N–H and O–H groups in total. The first-order chi connectivity index (χ1) is 8.76. The molecule has 1 saturated carbocycles. The third-order valence-corrected chi connectivity index (χ3v) is 4.91. The van der Waals surface area contributed by atoms with Crippen LogP contribution in [0.1, 0.15) is 53.9 Å². The molecule has 4 unspecified atom stereocenters. The minimum absolute atomic E-state index is 0.188. The Kier molecular flexibility index (Phi) is 4.29. The second-order valence-electron chi connectivity index (χ2n) is 7.95. The minimum Gasteiger partial charge on any atom is -0.373 e. The average molecular weight is 268 g/mol. The molecule has 1 aliphatic carbocycles. The van der Waals surface area contributed by atoms with Crippen LogP contribution in [0.5, 0.6) is 0 Å². The Morgan fingerprint density at radius 3 is 2.16 bits per heavy atom. The molecule has 0 aromatic rings. The van der Waals surface area contributed by atoms with Gasteiger partial charge in [0.05, 0.1) is 12.2 Å². The molecule has 3 heteroatoms. The summed E-state index contributed by atoms with van der Waals surface area (Å²) in [6.45, 7) is 14.4. The number of nitrogens with two attached hydrogens (primary N) is 1. The van der Waals surface area contributed by atoms with Crippen molar-refractivity contribution in [1.82, 2.24) is 4.90 Å². The number of morpholine rings is 1. The van der Waals surface area contributed by atoms with E-state index >= 15 is 0 Å². The lowest BCUT2D eigenvalue weighted by Gasteiger charge is -2.55. The zero-order valence-corrected chi connectivity index (χ0v) is 13.4. The van der Waals surface area contributed by atoms with Crippen LogP contribution in [0.3, 0.4) is 0 Å². The van der Waals surface area contributed by atoms with Gasteiger partial charge in [-0.2, -0.15) is 0 Å². The van der Waals surface area contributed by atoms with Crippen LogP contribution in [0.2, 0.25) is 0 Å². The summed E-state index contributed by atoms with van der Waals surface area (Å²) < 4.78 is 5.89. The molecule has 1 aliphatic heterocycles. The lowest BCUT2D eigenvalue weighted by molar-refractivity contribution is -0.122. The molecule has 1 heterocycles. The highest BCUT2D eigenvalue weighted by Gasteiger charge is 2.47. The lowest BCUT2D eigenvalue weighted by atomic mass is 9.63. The van der Waals surface area contributed by atoms with Gasteiger partial charge in [0.15, 0.2) is 0 Å². The van der Waals surface area contributed by atoms with Gasteiger partial charge >= 0.3 is 0 Å². The van der Waals surface area contributed by atoms with Crippen molar-refractivity contribution in [2.24, 2.45) is 17.1 Å². The van der Waals surface area contributed by atoms with Crippen LogP contribution in [-0.4, -0.2) is 42.3 Å². The van der Waals surface area contributed by atoms with Gasteiger partial charge in [0, 0.05) is 25.2 Å². The predicted molar refractivity (Wildman–Crippen MR) is 80.2 cm³/mol. The van der Waals surface area contributed by atoms with Crippen LogP contribution in [0.25, 0.3) is 0 Å². The summed E-state index contributed by atoms with van der Waals surface area (Å²) in [5.41, 5.74) is 6.85. The third-order valence-electron chi connectivity index (χ3n) is 4.91. The third kappa shape index (κ3) is 3.32. The topological polar surface area (TPSA) is 38.5 Å². The monoisotopic (exact) mass is 268 g/mol. The van der Waals surface area contributed by atoms with Crippen molar-refractivity contribution in [2.75, 3.05) is 19.6 Å². The van der Waals surface area contributed by atoms with Gasteiger partial charge in [-0.05, 0) is 44.4 Å². The van der Waals surface area contributed by atoms with Crippen LogP contribution in [0, 0.1) is 11.3 Å². The van der Waals surface area contributed by atoms with E-state index in [1.54, 1.807) is 0 Å². The van der Waals surface area contributed by atoms with Crippen molar-refractivity contribution in [3.8, 4) is 0 Å². The van der Waals surface area contributed by atoms with Crippen molar-refractivity contribution in [3.63, 3.8) is 0 Å². The molecule has 0 bridgehead atoms. The summed E-state index contributed by atoms with van der Waals surface area (Å²) in [4.78, 5) is 2.64. The Labute approximate surface area is 118 Å². The Balaban J connectivity index is 2.21. The fourth-order valence-electron chi connectivity index (χ4n) is 4.79. The van der Waals surface area contributed by atoms with Gasteiger partial charge < -0.3 is 10.5 Å². The second kappa shape index (κ2) is 5.34. The largest absolute Gasteiger partial charge is 0.373 e. The van der Waals surface area contributed by atoms with Gasteiger partial charge in [-0.25, -0.2) is 0 Å². The first kappa shape index (κ1) is 15.3. The molecule has 2 fully saturated rings. The fraction of sp³-hybridized carbons (Fsp3) is 1.00. The van der Waals surface area contributed by atoms with Crippen LogP contribution >= 0.6 is 0 Å². The maximum atomic E-state index is 6.26. The SMILES string of the molecule is CC1CC(C)(C)CC(CN)(N2CC(C)OC(C)C2)C1. The predicted octanol–water partition coefficient (Wildman–Crippen LogP) is 2.64. The highest BCUT2D eigenvalue weighted by Crippen LogP contribution is 2.46. The summed E-state index contributed by atoms with van der Waals surface area (Å²) in [5.74, 6) is 0.765. The number of hydrogen-bond donors (Lipinski definition) is 1. The van der Waals surface area contributed by atoms with E-state index in [-0.39, 0.29) is 5.54 Å². The maximum Gasteiger partial charge on any atom is 0.0678 e. The number of nitrogens with zero attached hydrogens (tertiary/aromatic N) is 1. The van der Waals surface area contributed by atoms with Gasteiger partial charge in [-0.15, -0.1) is 0 Å². The van der Waals surface area contributed by atoms with Crippen molar-refractivity contribution in [2.45, 2.75) is 71.6 Å². The average Bonchev–Trinajstić information content (AvgIpc) is 2.24. The number of ether oxygens (including phenoxy) is 1. The maximum absolute atomic E-state index is 6.26. The summed E-state index contributed by atoms with van der Waals surface area (Å²) in [6, 6.07) is 0. The van der Waals surface area contributed by atoms with E-state index in [2.05, 4.69) is 39.5 Å². The minimum atomic E-state index is 0.188. The van der Waals surface area contributed by atoms with Crippen molar-refractivity contribution in [1.29, 1.82) is 0 Å². The molecule has 112 valence electrons. The fourth-order valence-corrected chi connectivity index (χ4v) is 4.79. The molecular weight excluding hydrogens is 236 g/mol. The van der Waals surface area contributed by atoms with E-state index in [0.29, 0.717) is 17.6 Å². The highest BCUT2D eigenvalue weighted by atomic mass is 16.5. The molecule has 0 spiro atoms. The molecule has 2 aliphatic rings. The van der Waals surface area contributed by atoms with E-state index in [9.17, 15) is 0 Å². The summed E-state index contributed by atoms with van der Waals surface area (Å²) >= 11 is 0. The van der Waals surface area contributed by atoms with Gasteiger partial charge in [0.2, 0.25) is 0 Å². The van der Waals surface area contributed by atoms with E-state index in [0.717, 1.165) is 25.6 Å². The Bertz CT molecular complexity index is 308. The van der Waals surface area contributed by atoms with Crippen LogP contribution < -0.4 is 5.73 Å². The van der Waals surface area contributed by atoms with Crippen LogP contribution in [0.4, 0.5) is 0 Å². The Hall–Kier alpha value is -0.120. The summed E-state index contributed by atoms with van der Waals surface area (Å²) in [6.07, 6.45) is 4.44. The van der Waals surface area contributed by atoms with E-state index < -0.39 is 0 Å². The molecule has 4 atom stereocenters. The molecule has 0 amide bonds. The van der Waals surface area contributed by atoms with Gasteiger partial charge in [-0.1, -0.05) is 20.8 Å². The molecule has 0 aromatic carbocycles. The second-order valence-corrected chi connectivity index (χ2v) is 7.95. The lowest BCUT2D eigenvalue weighted by Crippen LogP contribution is -2.63.